The molecule has 2 heterocycles. The highest BCUT2D eigenvalue weighted by molar-refractivity contribution is 7.16. The van der Waals surface area contributed by atoms with Crippen molar-refractivity contribution < 1.29 is 14.3 Å². The average molecular weight is 399 g/mol. The minimum absolute atomic E-state index is 0.182. The maximum atomic E-state index is 12.4. The molecule has 0 bridgehead atoms. The molecule has 0 fully saturated rings. The number of anilines is 1. The van der Waals surface area contributed by atoms with Crippen LogP contribution in [-0.4, -0.2) is 36.5 Å². The first-order chi connectivity index (χ1) is 12.0. The first kappa shape index (κ1) is 19.7. The first-order valence-corrected chi connectivity index (χ1v) is 9.72. The predicted octanol–water partition coefficient (Wildman–Crippen LogP) is 4.27. The second-order valence-corrected chi connectivity index (χ2v) is 7.81. The van der Waals surface area contributed by atoms with Gasteiger partial charge in [-0.25, -0.2) is 4.79 Å². The van der Waals surface area contributed by atoms with Gasteiger partial charge in [0.2, 0.25) is 5.91 Å². The van der Waals surface area contributed by atoms with Crippen molar-refractivity contribution in [3.05, 3.63) is 51.0 Å². The zero-order chi connectivity index (χ0) is 18.2. The van der Waals surface area contributed by atoms with Crippen molar-refractivity contribution in [1.82, 2.24) is 4.90 Å². The van der Waals surface area contributed by atoms with Gasteiger partial charge in [0, 0.05) is 18.0 Å². The molecule has 0 saturated heterocycles. The van der Waals surface area contributed by atoms with Crippen LogP contribution in [0, 0.1) is 0 Å². The van der Waals surface area contributed by atoms with E-state index in [1.165, 1.54) is 22.7 Å². The highest BCUT2D eigenvalue weighted by Crippen LogP contribution is 2.25. The van der Waals surface area contributed by atoms with Crippen LogP contribution in [0.1, 0.15) is 22.2 Å². The summed E-state index contributed by atoms with van der Waals surface area (Å²) in [6.07, 6.45) is 1.75. The third-order valence-electron chi connectivity index (χ3n) is 3.18. The summed E-state index contributed by atoms with van der Waals surface area (Å²) in [7, 11) is 0. The Hall–Kier alpha value is -1.67. The second kappa shape index (κ2) is 9.72. The van der Waals surface area contributed by atoms with Crippen LogP contribution in [-0.2, 0) is 16.1 Å². The highest BCUT2D eigenvalue weighted by atomic mass is 35.5. The molecule has 2 rings (SSSR count). The van der Waals surface area contributed by atoms with Crippen molar-refractivity contribution in [2.75, 3.05) is 25.0 Å². The Morgan fingerprint density at radius 2 is 2.20 bits per heavy atom. The van der Waals surface area contributed by atoms with Gasteiger partial charge in [-0.1, -0.05) is 17.7 Å². The highest BCUT2D eigenvalue weighted by Gasteiger charge is 2.17. The molecule has 0 aromatic carbocycles. The number of thiophene rings is 2. The van der Waals surface area contributed by atoms with Crippen LogP contribution < -0.4 is 5.32 Å². The smallest absolute Gasteiger partial charge is 0.341 e. The van der Waals surface area contributed by atoms with Crippen LogP contribution in [0.4, 0.5) is 5.00 Å². The lowest BCUT2D eigenvalue weighted by atomic mass is 10.3. The van der Waals surface area contributed by atoms with Gasteiger partial charge in [0.1, 0.15) is 5.00 Å². The van der Waals surface area contributed by atoms with Crippen molar-refractivity contribution in [3.63, 3.8) is 0 Å². The van der Waals surface area contributed by atoms with Gasteiger partial charge >= 0.3 is 5.97 Å². The van der Waals surface area contributed by atoms with Crippen LogP contribution in [0.3, 0.4) is 0 Å². The van der Waals surface area contributed by atoms with E-state index in [0.29, 0.717) is 30.3 Å². The topological polar surface area (TPSA) is 58.6 Å². The Bertz CT molecular complexity index is 742. The monoisotopic (exact) mass is 398 g/mol. The van der Waals surface area contributed by atoms with Gasteiger partial charge in [0.15, 0.2) is 0 Å². The normalized spacial score (nSPS) is 10.7. The Morgan fingerprint density at radius 3 is 2.84 bits per heavy atom. The van der Waals surface area contributed by atoms with Gasteiger partial charge in [-0.05, 0) is 30.5 Å². The molecule has 0 spiro atoms. The predicted molar refractivity (Wildman–Crippen MR) is 104 cm³/mol. The fraction of sp³-hybridized carbons (Fsp3) is 0.294. The molecule has 0 aliphatic rings. The number of amides is 1. The number of carbonyl (C=O) groups is 2. The molecule has 1 N–H and O–H groups in total. The fourth-order valence-electron chi connectivity index (χ4n) is 2.17. The summed E-state index contributed by atoms with van der Waals surface area (Å²) < 4.78 is 5.71. The van der Waals surface area contributed by atoms with Gasteiger partial charge in [-0.2, -0.15) is 0 Å². The molecule has 0 unspecified atom stereocenters. The SMILES string of the molecule is C=CCN(CC(=O)Nc1sccc1C(=O)OCC)Cc1ccc(Cl)s1. The van der Waals surface area contributed by atoms with Crippen LogP contribution in [0.2, 0.25) is 4.34 Å². The van der Waals surface area contributed by atoms with Crippen molar-refractivity contribution >= 4 is 51.2 Å². The summed E-state index contributed by atoms with van der Waals surface area (Å²) in [6, 6.07) is 5.43. The van der Waals surface area contributed by atoms with E-state index in [2.05, 4.69) is 11.9 Å². The first-order valence-electron chi connectivity index (χ1n) is 7.65. The molecule has 0 radical (unpaired) electrons. The molecule has 0 aliphatic heterocycles. The number of esters is 1. The van der Waals surface area contributed by atoms with Gasteiger partial charge in [-0.3, -0.25) is 9.69 Å². The van der Waals surface area contributed by atoms with E-state index in [1.807, 2.05) is 17.0 Å². The van der Waals surface area contributed by atoms with Crippen LogP contribution >= 0.6 is 34.3 Å². The summed E-state index contributed by atoms with van der Waals surface area (Å²) in [6.45, 7) is 7.12. The summed E-state index contributed by atoms with van der Waals surface area (Å²) in [5.74, 6) is -0.632. The average Bonchev–Trinajstić information content (AvgIpc) is 3.16. The van der Waals surface area contributed by atoms with Crippen molar-refractivity contribution in [2.24, 2.45) is 0 Å². The molecule has 5 nitrogen and oxygen atoms in total. The fourth-order valence-corrected chi connectivity index (χ4v) is 4.09. The Morgan fingerprint density at radius 1 is 1.40 bits per heavy atom. The molecule has 0 saturated carbocycles. The van der Waals surface area contributed by atoms with E-state index in [0.717, 1.165) is 9.21 Å². The number of halogens is 1. The molecule has 2 aromatic heterocycles. The van der Waals surface area contributed by atoms with E-state index >= 15 is 0 Å². The number of hydrogen-bond donors (Lipinski definition) is 1. The van der Waals surface area contributed by atoms with Crippen molar-refractivity contribution in [2.45, 2.75) is 13.5 Å². The van der Waals surface area contributed by atoms with Gasteiger partial charge in [-0.15, -0.1) is 29.3 Å². The molecule has 134 valence electrons. The van der Waals surface area contributed by atoms with Crippen LogP contribution in [0.25, 0.3) is 0 Å². The maximum absolute atomic E-state index is 12.4. The van der Waals surface area contributed by atoms with Crippen molar-refractivity contribution in [1.29, 1.82) is 0 Å². The molecule has 25 heavy (non-hydrogen) atoms. The number of nitrogens with one attached hydrogen (secondary N) is 1. The molecule has 2 aromatic rings. The van der Waals surface area contributed by atoms with Crippen molar-refractivity contribution in [3.8, 4) is 0 Å². The Kier molecular flexibility index (Phi) is 7.64. The lowest BCUT2D eigenvalue weighted by Crippen LogP contribution is -2.33. The van der Waals surface area contributed by atoms with E-state index < -0.39 is 5.97 Å². The minimum atomic E-state index is -0.435. The molecule has 8 heteroatoms. The number of rotatable bonds is 9. The largest absolute Gasteiger partial charge is 0.462 e. The number of ether oxygens (including phenoxy) is 1. The van der Waals surface area contributed by atoms with Gasteiger partial charge in [0.05, 0.1) is 23.1 Å². The van der Waals surface area contributed by atoms with Crippen LogP contribution in [0.5, 0.6) is 0 Å². The quantitative estimate of drug-likeness (QED) is 0.506. The lowest BCUT2D eigenvalue weighted by Gasteiger charge is -2.19. The van der Waals surface area contributed by atoms with E-state index in [1.54, 1.807) is 24.4 Å². The lowest BCUT2D eigenvalue weighted by molar-refractivity contribution is -0.117. The van der Waals surface area contributed by atoms with Gasteiger partial charge < -0.3 is 10.1 Å². The van der Waals surface area contributed by atoms with E-state index in [-0.39, 0.29) is 12.5 Å². The van der Waals surface area contributed by atoms with E-state index in [4.69, 9.17) is 16.3 Å². The summed E-state index contributed by atoms with van der Waals surface area (Å²) in [4.78, 5) is 27.3. The molecule has 1 amide bonds. The molecule has 0 atom stereocenters. The van der Waals surface area contributed by atoms with Gasteiger partial charge in [0.25, 0.3) is 0 Å². The molecule has 0 aliphatic carbocycles. The number of nitrogens with zero attached hydrogens (tertiary/aromatic N) is 1. The van der Waals surface area contributed by atoms with Crippen LogP contribution in [0.15, 0.2) is 36.2 Å². The Balaban J connectivity index is 1.98. The third kappa shape index (κ3) is 5.97. The second-order valence-electron chi connectivity index (χ2n) is 5.10. The molecular formula is C17H19ClN2O3S2. The molecular weight excluding hydrogens is 380 g/mol. The zero-order valence-corrected chi connectivity index (χ0v) is 16.2. The minimum Gasteiger partial charge on any atom is -0.462 e. The zero-order valence-electron chi connectivity index (χ0n) is 13.8. The number of hydrogen-bond acceptors (Lipinski definition) is 6. The summed E-state index contributed by atoms with van der Waals surface area (Å²) >= 11 is 8.73. The van der Waals surface area contributed by atoms with E-state index in [9.17, 15) is 9.59 Å². The number of carbonyl (C=O) groups excluding carboxylic acids is 2. The standard InChI is InChI=1S/C17H19ClN2O3S2/c1-3-8-20(10-12-5-6-14(18)25-12)11-15(21)19-16-13(7-9-24-16)17(22)23-4-2/h3,5-7,9H,1,4,8,10-11H2,2H3,(H,19,21). The maximum Gasteiger partial charge on any atom is 0.341 e. The summed E-state index contributed by atoms with van der Waals surface area (Å²) in [5, 5.41) is 5.04. The Labute approximate surface area is 159 Å². The summed E-state index contributed by atoms with van der Waals surface area (Å²) in [5.41, 5.74) is 0.375. The third-order valence-corrected chi connectivity index (χ3v) is 5.22.